The zero-order valence-corrected chi connectivity index (χ0v) is 15.0. The molecule has 0 aliphatic rings. The second kappa shape index (κ2) is 9.93. The van der Waals surface area contributed by atoms with E-state index in [-0.39, 0.29) is 12.5 Å². The van der Waals surface area contributed by atoms with Crippen LogP contribution in [0.4, 0.5) is 0 Å². The summed E-state index contributed by atoms with van der Waals surface area (Å²) in [5.74, 6) is 0.582. The minimum Gasteiger partial charge on any atom is -0.484 e. The van der Waals surface area contributed by atoms with E-state index in [1.165, 1.54) is 0 Å². The quantitative estimate of drug-likeness (QED) is 0.679. The minimum absolute atomic E-state index is 0.0124. The van der Waals surface area contributed by atoms with Crippen LogP contribution in [-0.2, 0) is 16.1 Å². The van der Waals surface area contributed by atoms with Crippen molar-refractivity contribution >= 4 is 11.8 Å². The van der Waals surface area contributed by atoms with E-state index in [9.17, 15) is 9.59 Å². The summed E-state index contributed by atoms with van der Waals surface area (Å²) in [6.07, 6.45) is 0. The van der Waals surface area contributed by atoms with Gasteiger partial charge in [0.25, 0.3) is 5.91 Å². The number of nitrogens with one attached hydrogen (secondary N) is 1. The Morgan fingerprint density at radius 3 is 2.33 bits per heavy atom. The van der Waals surface area contributed by atoms with E-state index in [4.69, 9.17) is 10.5 Å². The molecule has 0 aliphatic carbocycles. The summed E-state index contributed by atoms with van der Waals surface area (Å²) in [5.41, 5.74) is 5.99. The van der Waals surface area contributed by atoms with Gasteiger partial charge in [0.1, 0.15) is 5.75 Å². The lowest BCUT2D eigenvalue weighted by Crippen LogP contribution is -2.43. The third kappa shape index (κ3) is 7.00. The number of amides is 2. The summed E-state index contributed by atoms with van der Waals surface area (Å²) in [6.45, 7) is 10.1. The molecule has 24 heavy (non-hydrogen) atoms. The number of likely N-dealkylation sites (N-methyl/N-ethyl adjacent to an activating group) is 1. The molecule has 0 fully saturated rings. The molecule has 0 saturated carbocycles. The Labute approximate surface area is 144 Å². The van der Waals surface area contributed by atoms with Gasteiger partial charge in [-0.2, -0.15) is 0 Å². The van der Waals surface area contributed by atoms with Crippen LogP contribution in [0.15, 0.2) is 24.3 Å². The first-order valence-electron chi connectivity index (χ1n) is 8.34. The van der Waals surface area contributed by atoms with E-state index >= 15 is 0 Å². The van der Waals surface area contributed by atoms with Gasteiger partial charge in [-0.05, 0) is 37.1 Å². The van der Waals surface area contributed by atoms with Crippen LogP contribution in [0.3, 0.4) is 0 Å². The predicted molar refractivity (Wildman–Crippen MR) is 94.5 cm³/mol. The molecule has 0 saturated heterocycles. The summed E-state index contributed by atoms with van der Waals surface area (Å²) in [5, 5.41) is 2.93. The molecule has 134 valence electrons. The smallest absolute Gasteiger partial charge is 0.255 e. The first kappa shape index (κ1) is 20.0. The molecule has 2 amide bonds. The van der Waals surface area contributed by atoms with Gasteiger partial charge >= 0.3 is 0 Å². The Balaban J connectivity index is 2.44. The highest BCUT2D eigenvalue weighted by atomic mass is 16.5. The Bertz CT molecular complexity index is 529. The lowest BCUT2D eigenvalue weighted by atomic mass is 10.0. The Hall–Kier alpha value is -2.08. The van der Waals surface area contributed by atoms with Crippen molar-refractivity contribution in [2.45, 2.75) is 40.3 Å². The zero-order chi connectivity index (χ0) is 18.1. The molecule has 3 N–H and O–H groups in total. The normalized spacial score (nSPS) is 12.2. The van der Waals surface area contributed by atoms with Crippen LogP contribution in [0.1, 0.15) is 33.3 Å². The number of carbonyl (C=O) groups excluding carboxylic acids is 2. The van der Waals surface area contributed by atoms with Gasteiger partial charge in [-0.3, -0.25) is 14.5 Å². The van der Waals surface area contributed by atoms with Crippen LogP contribution in [-0.4, -0.2) is 42.5 Å². The van der Waals surface area contributed by atoms with E-state index in [0.717, 1.165) is 12.1 Å². The van der Waals surface area contributed by atoms with Gasteiger partial charge in [-0.1, -0.05) is 32.9 Å². The van der Waals surface area contributed by atoms with Crippen molar-refractivity contribution in [3.8, 4) is 5.75 Å². The predicted octanol–water partition coefficient (Wildman–Crippen LogP) is 1.53. The molecule has 0 aliphatic heterocycles. The molecule has 0 radical (unpaired) electrons. The van der Waals surface area contributed by atoms with Crippen LogP contribution < -0.4 is 15.8 Å². The van der Waals surface area contributed by atoms with Crippen molar-refractivity contribution in [2.24, 2.45) is 11.7 Å². The van der Waals surface area contributed by atoms with Crippen molar-refractivity contribution in [3.63, 3.8) is 0 Å². The second-order valence-electron chi connectivity index (χ2n) is 6.22. The lowest BCUT2D eigenvalue weighted by molar-refractivity contribution is -0.123. The lowest BCUT2D eigenvalue weighted by Gasteiger charge is -2.30. The van der Waals surface area contributed by atoms with Gasteiger partial charge in [0.15, 0.2) is 6.61 Å². The summed E-state index contributed by atoms with van der Waals surface area (Å²) in [6, 6.07) is 7.57. The Morgan fingerprint density at radius 1 is 1.21 bits per heavy atom. The van der Waals surface area contributed by atoms with Gasteiger partial charge in [0, 0.05) is 12.6 Å². The maximum atomic E-state index is 12.1. The number of benzene rings is 1. The number of rotatable bonds is 10. The van der Waals surface area contributed by atoms with Crippen LogP contribution >= 0.6 is 0 Å². The molecular weight excluding hydrogens is 306 g/mol. The number of ether oxygens (including phenoxy) is 1. The monoisotopic (exact) mass is 335 g/mol. The molecule has 1 aromatic rings. The van der Waals surface area contributed by atoms with E-state index in [1.807, 2.05) is 12.1 Å². The van der Waals surface area contributed by atoms with Crippen molar-refractivity contribution in [1.29, 1.82) is 0 Å². The molecule has 1 aromatic carbocycles. The highest BCUT2D eigenvalue weighted by Gasteiger charge is 2.18. The molecule has 1 unspecified atom stereocenters. The van der Waals surface area contributed by atoms with E-state index in [2.05, 4.69) is 37.9 Å². The van der Waals surface area contributed by atoms with Gasteiger partial charge in [-0.15, -0.1) is 0 Å². The minimum atomic E-state index is -0.512. The fourth-order valence-electron chi connectivity index (χ4n) is 2.26. The fraction of sp³-hybridized carbons (Fsp3) is 0.556. The Kier molecular flexibility index (Phi) is 8.26. The largest absolute Gasteiger partial charge is 0.484 e. The highest BCUT2D eigenvalue weighted by Crippen LogP contribution is 2.12. The molecule has 6 nitrogen and oxygen atoms in total. The molecule has 0 aromatic heterocycles. The maximum absolute atomic E-state index is 12.1. The first-order chi connectivity index (χ1) is 11.3. The zero-order valence-electron chi connectivity index (χ0n) is 15.0. The van der Waals surface area contributed by atoms with E-state index in [0.29, 0.717) is 30.8 Å². The maximum Gasteiger partial charge on any atom is 0.255 e. The van der Waals surface area contributed by atoms with Gasteiger partial charge < -0.3 is 15.8 Å². The molecule has 0 heterocycles. The van der Waals surface area contributed by atoms with Gasteiger partial charge in [0.05, 0.1) is 6.54 Å². The molecule has 0 bridgehead atoms. The summed E-state index contributed by atoms with van der Waals surface area (Å²) in [7, 11) is 0. The van der Waals surface area contributed by atoms with Crippen LogP contribution in [0.5, 0.6) is 5.75 Å². The SMILES string of the molecule is CCN(CC(=O)NCc1ccc(OCC(N)=O)cc1)C(C)C(C)C. The number of primary amides is 1. The topological polar surface area (TPSA) is 84.7 Å². The van der Waals surface area contributed by atoms with Crippen LogP contribution in [0, 0.1) is 5.92 Å². The van der Waals surface area contributed by atoms with Crippen molar-refractivity contribution in [3.05, 3.63) is 29.8 Å². The standard InChI is InChI=1S/C18H29N3O3/c1-5-21(14(4)13(2)3)11-18(23)20-10-15-6-8-16(9-7-15)24-12-17(19)22/h6-9,13-14H,5,10-12H2,1-4H3,(H2,19,22)(H,20,23). The van der Waals surface area contributed by atoms with Crippen LogP contribution in [0.2, 0.25) is 0 Å². The average Bonchev–Trinajstić information content (AvgIpc) is 2.56. The molecular formula is C18H29N3O3. The fourth-order valence-corrected chi connectivity index (χ4v) is 2.26. The van der Waals surface area contributed by atoms with E-state index in [1.54, 1.807) is 12.1 Å². The number of hydrogen-bond acceptors (Lipinski definition) is 4. The van der Waals surface area contributed by atoms with Crippen LogP contribution in [0.25, 0.3) is 0 Å². The second-order valence-corrected chi connectivity index (χ2v) is 6.22. The highest BCUT2D eigenvalue weighted by molar-refractivity contribution is 5.78. The average molecular weight is 335 g/mol. The van der Waals surface area contributed by atoms with Crippen molar-refractivity contribution < 1.29 is 14.3 Å². The number of carbonyl (C=O) groups is 2. The summed E-state index contributed by atoms with van der Waals surface area (Å²) < 4.78 is 5.20. The third-order valence-electron chi connectivity index (χ3n) is 4.09. The molecule has 1 rings (SSSR count). The van der Waals surface area contributed by atoms with Crippen molar-refractivity contribution in [1.82, 2.24) is 10.2 Å². The van der Waals surface area contributed by atoms with E-state index < -0.39 is 5.91 Å². The molecule has 0 spiro atoms. The Morgan fingerprint density at radius 2 is 1.83 bits per heavy atom. The molecule has 1 atom stereocenters. The van der Waals surface area contributed by atoms with Gasteiger partial charge in [-0.25, -0.2) is 0 Å². The third-order valence-corrected chi connectivity index (χ3v) is 4.09. The van der Waals surface area contributed by atoms with Gasteiger partial charge in [0.2, 0.25) is 5.91 Å². The number of nitrogens with two attached hydrogens (primary N) is 1. The first-order valence-corrected chi connectivity index (χ1v) is 8.34. The number of nitrogens with zero attached hydrogens (tertiary/aromatic N) is 1. The van der Waals surface area contributed by atoms with Crippen molar-refractivity contribution in [2.75, 3.05) is 19.7 Å². The molecule has 6 heteroatoms. The summed E-state index contributed by atoms with van der Waals surface area (Å²) in [4.78, 5) is 25.0. The number of hydrogen-bond donors (Lipinski definition) is 2. The summed E-state index contributed by atoms with van der Waals surface area (Å²) >= 11 is 0.